The molecule has 1 fully saturated rings. The standard InChI is InChI=1S/C22H26N2O4/c1-5-27-19(25)14-10-11-17-22(12-13-24(17)20(26)28-21(2,3)4)15-8-6-7-9-16(15)23-18(14)22/h6-11,17,23H,5,12-13H2,1-4H3/t17-,22+/m0/s1. The molecule has 1 saturated heterocycles. The van der Waals surface area contributed by atoms with E-state index in [1.807, 2.05) is 45.0 Å². The van der Waals surface area contributed by atoms with Gasteiger partial charge in [-0.2, -0.15) is 0 Å². The number of fused-ring (bicyclic) bond motifs is 1. The summed E-state index contributed by atoms with van der Waals surface area (Å²) >= 11 is 0. The lowest BCUT2D eigenvalue weighted by Gasteiger charge is -2.37. The van der Waals surface area contributed by atoms with Gasteiger partial charge in [0.05, 0.1) is 23.6 Å². The van der Waals surface area contributed by atoms with E-state index in [1.54, 1.807) is 17.9 Å². The summed E-state index contributed by atoms with van der Waals surface area (Å²) in [5, 5.41) is 3.44. The number of likely N-dealkylation sites (tertiary alicyclic amines) is 1. The van der Waals surface area contributed by atoms with Crippen LogP contribution in [0.25, 0.3) is 0 Å². The maximum absolute atomic E-state index is 12.9. The molecule has 2 aliphatic heterocycles. The zero-order valence-electron chi connectivity index (χ0n) is 16.7. The van der Waals surface area contributed by atoms with E-state index in [0.717, 1.165) is 16.9 Å². The lowest BCUT2D eigenvalue weighted by molar-refractivity contribution is -0.138. The van der Waals surface area contributed by atoms with Crippen molar-refractivity contribution >= 4 is 17.7 Å². The number of rotatable bonds is 2. The maximum Gasteiger partial charge on any atom is 0.410 e. The van der Waals surface area contributed by atoms with Crippen LogP contribution in [0.15, 0.2) is 47.7 Å². The summed E-state index contributed by atoms with van der Waals surface area (Å²) in [6.45, 7) is 8.26. The van der Waals surface area contributed by atoms with Crippen molar-refractivity contribution in [1.82, 2.24) is 4.90 Å². The molecule has 0 aromatic heterocycles. The third-order valence-corrected chi connectivity index (χ3v) is 5.54. The topological polar surface area (TPSA) is 67.9 Å². The van der Waals surface area contributed by atoms with Gasteiger partial charge in [-0.25, -0.2) is 9.59 Å². The number of para-hydroxylation sites is 1. The Kier molecular flexibility index (Phi) is 4.25. The van der Waals surface area contributed by atoms with E-state index >= 15 is 0 Å². The van der Waals surface area contributed by atoms with Gasteiger partial charge in [0, 0.05) is 17.9 Å². The Labute approximate surface area is 165 Å². The minimum atomic E-state index is -0.564. The molecular weight excluding hydrogens is 356 g/mol. The van der Waals surface area contributed by atoms with Crippen LogP contribution >= 0.6 is 0 Å². The second-order valence-electron chi connectivity index (χ2n) is 8.38. The highest BCUT2D eigenvalue weighted by Gasteiger charge is 2.58. The number of amides is 1. The van der Waals surface area contributed by atoms with Crippen LogP contribution in [-0.4, -0.2) is 41.8 Å². The SMILES string of the molecule is CCOC(=O)C1=C2Nc3ccccc3[C@@]23CCN(C(=O)OC(C)(C)C)[C@H]3C=C1. The molecule has 28 heavy (non-hydrogen) atoms. The molecule has 3 aliphatic rings. The van der Waals surface area contributed by atoms with Crippen molar-refractivity contribution in [3.63, 3.8) is 0 Å². The number of esters is 1. The zero-order valence-corrected chi connectivity index (χ0v) is 16.7. The lowest BCUT2D eigenvalue weighted by Crippen LogP contribution is -2.47. The van der Waals surface area contributed by atoms with Crippen LogP contribution in [0.2, 0.25) is 0 Å². The number of hydrogen-bond donors (Lipinski definition) is 1. The predicted octanol–water partition coefficient (Wildman–Crippen LogP) is 3.75. The van der Waals surface area contributed by atoms with Gasteiger partial charge in [0.15, 0.2) is 0 Å². The van der Waals surface area contributed by atoms with Gasteiger partial charge >= 0.3 is 12.1 Å². The van der Waals surface area contributed by atoms with Crippen LogP contribution in [0.1, 0.15) is 39.7 Å². The van der Waals surface area contributed by atoms with Crippen molar-refractivity contribution in [1.29, 1.82) is 0 Å². The highest BCUT2D eigenvalue weighted by atomic mass is 16.6. The number of benzene rings is 1. The molecule has 4 rings (SSSR count). The Bertz CT molecular complexity index is 896. The summed E-state index contributed by atoms with van der Waals surface area (Å²) in [6, 6.07) is 7.82. The molecule has 0 radical (unpaired) electrons. The average molecular weight is 382 g/mol. The smallest absolute Gasteiger partial charge is 0.410 e. The highest BCUT2D eigenvalue weighted by Crippen LogP contribution is 2.56. The monoisotopic (exact) mass is 382 g/mol. The lowest BCUT2D eigenvalue weighted by atomic mass is 9.70. The average Bonchev–Trinajstić information content (AvgIpc) is 3.17. The quantitative estimate of drug-likeness (QED) is 0.789. The first-order valence-electron chi connectivity index (χ1n) is 9.74. The van der Waals surface area contributed by atoms with Crippen molar-refractivity contribution in [3.05, 3.63) is 53.3 Å². The van der Waals surface area contributed by atoms with Gasteiger partial charge in [0.25, 0.3) is 0 Å². The van der Waals surface area contributed by atoms with Gasteiger partial charge in [-0.15, -0.1) is 0 Å². The minimum absolute atomic E-state index is 0.216. The number of carbonyl (C=O) groups is 2. The number of nitrogens with one attached hydrogen (secondary N) is 1. The Morgan fingerprint density at radius 3 is 2.75 bits per heavy atom. The summed E-state index contributed by atoms with van der Waals surface area (Å²) in [7, 11) is 0. The van der Waals surface area contributed by atoms with Crippen molar-refractivity contribution in [2.24, 2.45) is 0 Å². The van der Waals surface area contributed by atoms with Gasteiger partial charge in [0.2, 0.25) is 0 Å². The Morgan fingerprint density at radius 2 is 2.04 bits per heavy atom. The first kappa shape index (κ1) is 18.6. The number of nitrogens with zero attached hydrogens (tertiary/aromatic N) is 1. The first-order valence-corrected chi connectivity index (χ1v) is 9.74. The number of ether oxygens (including phenoxy) is 2. The molecule has 0 unspecified atom stereocenters. The van der Waals surface area contributed by atoms with E-state index in [0.29, 0.717) is 25.1 Å². The second kappa shape index (κ2) is 6.40. The number of anilines is 1. The van der Waals surface area contributed by atoms with Crippen molar-refractivity contribution in [3.8, 4) is 0 Å². The van der Waals surface area contributed by atoms with Crippen LogP contribution in [0, 0.1) is 0 Å². The van der Waals surface area contributed by atoms with E-state index in [-0.39, 0.29) is 18.1 Å². The molecule has 1 aromatic rings. The minimum Gasteiger partial charge on any atom is -0.462 e. The van der Waals surface area contributed by atoms with Crippen LogP contribution in [0.3, 0.4) is 0 Å². The summed E-state index contributed by atoms with van der Waals surface area (Å²) in [5.41, 5.74) is 2.38. The molecule has 2 heterocycles. The van der Waals surface area contributed by atoms with Crippen molar-refractivity contribution in [2.45, 2.75) is 51.2 Å². The molecule has 1 amide bonds. The molecule has 0 bridgehead atoms. The van der Waals surface area contributed by atoms with Crippen LogP contribution in [-0.2, 0) is 19.7 Å². The second-order valence-corrected chi connectivity index (χ2v) is 8.38. The first-order chi connectivity index (χ1) is 13.3. The molecular formula is C22H26N2O4. The van der Waals surface area contributed by atoms with E-state index in [9.17, 15) is 9.59 Å². The molecule has 0 saturated carbocycles. The molecule has 1 N–H and O–H groups in total. The summed E-state index contributed by atoms with van der Waals surface area (Å²) < 4.78 is 10.9. The number of carbonyl (C=O) groups excluding carboxylic acids is 2. The van der Waals surface area contributed by atoms with E-state index in [2.05, 4.69) is 11.4 Å². The normalized spacial score (nSPS) is 25.0. The van der Waals surface area contributed by atoms with E-state index in [1.165, 1.54) is 0 Å². The molecule has 1 aromatic carbocycles. The zero-order chi connectivity index (χ0) is 20.1. The molecule has 2 atom stereocenters. The Hall–Kier alpha value is -2.76. The summed E-state index contributed by atoms with van der Waals surface area (Å²) in [4.78, 5) is 27.2. The van der Waals surface area contributed by atoms with Gasteiger partial charge in [-0.3, -0.25) is 0 Å². The molecule has 1 spiro atoms. The summed E-state index contributed by atoms with van der Waals surface area (Å²) in [6.07, 6.45) is 4.10. The summed E-state index contributed by atoms with van der Waals surface area (Å²) in [5.74, 6) is -0.345. The van der Waals surface area contributed by atoms with Crippen LogP contribution in [0.5, 0.6) is 0 Å². The van der Waals surface area contributed by atoms with Crippen LogP contribution < -0.4 is 5.32 Å². The Balaban J connectivity index is 1.80. The van der Waals surface area contributed by atoms with Crippen molar-refractivity contribution < 1.29 is 19.1 Å². The van der Waals surface area contributed by atoms with Gasteiger partial charge in [-0.1, -0.05) is 24.3 Å². The van der Waals surface area contributed by atoms with E-state index in [4.69, 9.17) is 9.47 Å². The molecule has 6 heteroatoms. The molecule has 1 aliphatic carbocycles. The van der Waals surface area contributed by atoms with Gasteiger partial charge < -0.3 is 19.7 Å². The highest BCUT2D eigenvalue weighted by molar-refractivity contribution is 5.96. The fraction of sp³-hybridized carbons (Fsp3) is 0.455. The van der Waals surface area contributed by atoms with Crippen LogP contribution in [0.4, 0.5) is 10.5 Å². The Morgan fingerprint density at radius 1 is 1.29 bits per heavy atom. The van der Waals surface area contributed by atoms with Gasteiger partial charge in [-0.05, 0) is 51.8 Å². The third kappa shape index (κ3) is 2.70. The van der Waals surface area contributed by atoms with Gasteiger partial charge in [0.1, 0.15) is 5.60 Å². The fourth-order valence-corrected chi connectivity index (χ4v) is 4.53. The number of hydrogen-bond acceptors (Lipinski definition) is 5. The maximum atomic E-state index is 12.9. The fourth-order valence-electron chi connectivity index (χ4n) is 4.53. The van der Waals surface area contributed by atoms with Crippen molar-refractivity contribution in [2.75, 3.05) is 18.5 Å². The third-order valence-electron chi connectivity index (χ3n) is 5.54. The molecule has 6 nitrogen and oxygen atoms in total. The predicted molar refractivity (Wildman–Crippen MR) is 106 cm³/mol. The molecule has 148 valence electrons. The van der Waals surface area contributed by atoms with E-state index < -0.39 is 11.0 Å². The largest absolute Gasteiger partial charge is 0.462 e.